The minimum Gasteiger partial charge on any atom is -0.382 e. The lowest BCUT2D eigenvalue weighted by molar-refractivity contribution is 0.585. The molecule has 0 aromatic carbocycles. The summed E-state index contributed by atoms with van der Waals surface area (Å²) >= 11 is 0. The Hall–Kier alpha value is -1.53. The van der Waals surface area contributed by atoms with Crippen molar-refractivity contribution in [2.45, 2.75) is 0 Å². The molecule has 82 valence electrons. The molecule has 6 nitrogen and oxygen atoms in total. The maximum absolute atomic E-state index is 5.74. The lowest BCUT2D eigenvalue weighted by Crippen LogP contribution is -2.43. The average molecular weight is 208 g/mol. The number of nitrogens with two attached hydrogens (primary N) is 2. The second-order valence-electron chi connectivity index (χ2n) is 3.48. The zero-order valence-electron chi connectivity index (χ0n) is 8.53. The largest absolute Gasteiger partial charge is 0.382 e. The second kappa shape index (κ2) is 4.33. The van der Waals surface area contributed by atoms with E-state index in [0.717, 1.165) is 32.0 Å². The molecule has 1 aliphatic rings. The molecule has 6 N–H and O–H groups in total. The lowest BCUT2D eigenvalue weighted by atomic mass is 10.3. The molecule has 0 atom stereocenters. The fourth-order valence-corrected chi connectivity index (χ4v) is 1.66. The van der Waals surface area contributed by atoms with Crippen molar-refractivity contribution in [3.8, 4) is 0 Å². The zero-order chi connectivity index (χ0) is 10.7. The van der Waals surface area contributed by atoms with Gasteiger partial charge in [0.2, 0.25) is 0 Å². The number of hydrogen-bond acceptors (Lipinski definition) is 6. The summed E-state index contributed by atoms with van der Waals surface area (Å²) in [7, 11) is 0. The van der Waals surface area contributed by atoms with Gasteiger partial charge in [-0.2, -0.15) is 0 Å². The van der Waals surface area contributed by atoms with Gasteiger partial charge in [-0.1, -0.05) is 0 Å². The van der Waals surface area contributed by atoms with E-state index in [-0.39, 0.29) is 0 Å². The Bertz CT molecular complexity index is 333. The van der Waals surface area contributed by atoms with Crippen LogP contribution in [0.2, 0.25) is 0 Å². The van der Waals surface area contributed by atoms with Crippen LogP contribution in [0.5, 0.6) is 0 Å². The Morgan fingerprint density at radius 2 is 2.07 bits per heavy atom. The van der Waals surface area contributed by atoms with Crippen molar-refractivity contribution in [1.82, 2.24) is 10.3 Å². The number of hydrogen-bond donors (Lipinski definition) is 4. The van der Waals surface area contributed by atoms with Crippen molar-refractivity contribution in [3.63, 3.8) is 0 Å². The fraction of sp³-hybridized carbons (Fsp3) is 0.444. The van der Waals surface area contributed by atoms with Crippen LogP contribution in [-0.4, -0.2) is 31.2 Å². The molecule has 0 unspecified atom stereocenters. The van der Waals surface area contributed by atoms with Gasteiger partial charge in [0, 0.05) is 26.2 Å². The number of piperazine rings is 1. The van der Waals surface area contributed by atoms with Gasteiger partial charge in [0.05, 0.1) is 5.69 Å². The van der Waals surface area contributed by atoms with Crippen LogP contribution in [0.15, 0.2) is 12.1 Å². The van der Waals surface area contributed by atoms with Gasteiger partial charge in [-0.05, 0) is 12.1 Å². The first-order chi connectivity index (χ1) is 7.31. The molecule has 15 heavy (non-hydrogen) atoms. The number of rotatable bonds is 2. The number of nitrogens with zero attached hydrogens (tertiary/aromatic N) is 2. The lowest BCUT2D eigenvalue weighted by Gasteiger charge is -2.28. The highest BCUT2D eigenvalue weighted by Gasteiger charge is 2.12. The highest BCUT2D eigenvalue weighted by Crippen LogP contribution is 2.20. The summed E-state index contributed by atoms with van der Waals surface area (Å²) in [5.74, 6) is 6.63. The molecule has 2 heterocycles. The van der Waals surface area contributed by atoms with Crippen LogP contribution in [0, 0.1) is 0 Å². The van der Waals surface area contributed by atoms with E-state index in [4.69, 9.17) is 11.6 Å². The molecule has 1 aromatic rings. The molecule has 1 saturated heterocycles. The third-order valence-corrected chi connectivity index (χ3v) is 2.51. The Morgan fingerprint density at radius 3 is 2.67 bits per heavy atom. The van der Waals surface area contributed by atoms with Crippen LogP contribution >= 0.6 is 0 Å². The summed E-state index contributed by atoms with van der Waals surface area (Å²) in [4.78, 5) is 6.50. The van der Waals surface area contributed by atoms with E-state index in [1.165, 1.54) is 0 Å². The number of pyridine rings is 1. The van der Waals surface area contributed by atoms with Crippen molar-refractivity contribution in [2.24, 2.45) is 5.84 Å². The molecule has 1 aromatic heterocycles. The summed E-state index contributed by atoms with van der Waals surface area (Å²) < 4.78 is 0. The topological polar surface area (TPSA) is 92.2 Å². The second-order valence-corrected chi connectivity index (χ2v) is 3.48. The highest BCUT2D eigenvalue weighted by molar-refractivity contribution is 5.64. The normalized spacial score (nSPS) is 16.5. The summed E-state index contributed by atoms with van der Waals surface area (Å²) in [6.45, 7) is 3.89. The molecule has 1 aliphatic heterocycles. The number of aromatic nitrogens is 1. The van der Waals surface area contributed by atoms with Gasteiger partial charge >= 0.3 is 0 Å². The summed E-state index contributed by atoms with van der Waals surface area (Å²) in [5.41, 5.74) is 8.91. The monoisotopic (exact) mass is 208 g/mol. The minimum absolute atomic E-state index is 0.438. The van der Waals surface area contributed by atoms with Crippen molar-refractivity contribution < 1.29 is 0 Å². The Morgan fingerprint density at radius 1 is 1.33 bits per heavy atom. The molecule has 0 spiro atoms. The van der Waals surface area contributed by atoms with Gasteiger partial charge in [0.25, 0.3) is 0 Å². The van der Waals surface area contributed by atoms with Gasteiger partial charge < -0.3 is 21.4 Å². The molecule has 0 saturated carbocycles. The van der Waals surface area contributed by atoms with E-state index in [1.54, 1.807) is 0 Å². The van der Waals surface area contributed by atoms with Gasteiger partial charge in [-0.25, -0.2) is 4.98 Å². The molecule has 1 fully saturated rings. The quantitative estimate of drug-likeness (QED) is 0.381. The first-order valence-electron chi connectivity index (χ1n) is 5.00. The van der Waals surface area contributed by atoms with E-state index in [9.17, 15) is 0 Å². The average Bonchev–Trinajstić information content (AvgIpc) is 2.30. The van der Waals surface area contributed by atoms with E-state index in [0.29, 0.717) is 11.5 Å². The molecule has 2 rings (SSSR count). The van der Waals surface area contributed by atoms with Crippen molar-refractivity contribution in [1.29, 1.82) is 0 Å². The van der Waals surface area contributed by atoms with Crippen molar-refractivity contribution in [2.75, 3.05) is 42.2 Å². The van der Waals surface area contributed by atoms with Gasteiger partial charge in [0.15, 0.2) is 5.82 Å². The van der Waals surface area contributed by atoms with Crippen LogP contribution in [-0.2, 0) is 0 Å². The summed E-state index contributed by atoms with van der Waals surface area (Å²) in [6, 6.07) is 3.77. The SMILES string of the molecule is NNc1ccc(N2CCNCC2)nc1N. The van der Waals surface area contributed by atoms with Crippen LogP contribution < -0.4 is 27.2 Å². The minimum atomic E-state index is 0.438. The van der Waals surface area contributed by atoms with Crippen LogP contribution in [0.25, 0.3) is 0 Å². The molecule has 0 aliphatic carbocycles. The van der Waals surface area contributed by atoms with E-state index in [1.807, 2.05) is 12.1 Å². The number of hydrazine groups is 1. The molecule has 0 bridgehead atoms. The van der Waals surface area contributed by atoms with Gasteiger partial charge in [-0.15, -0.1) is 0 Å². The number of nitrogen functional groups attached to an aromatic ring is 2. The highest BCUT2D eigenvalue weighted by atomic mass is 15.3. The molecule has 0 amide bonds. The molecule has 6 heteroatoms. The first-order valence-corrected chi connectivity index (χ1v) is 5.00. The standard InChI is InChI=1S/C9H16N6/c10-9-7(14-11)1-2-8(13-9)15-5-3-12-4-6-15/h1-2,12,14H,3-6,11H2,(H2,10,13). The fourth-order valence-electron chi connectivity index (χ4n) is 1.66. The summed E-state index contributed by atoms with van der Waals surface area (Å²) in [6.07, 6.45) is 0. The van der Waals surface area contributed by atoms with E-state index >= 15 is 0 Å². The third kappa shape index (κ3) is 2.11. The number of nitrogens with one attached hydrogen (secondary N) is 2. The van der Waals surface area contributed by atoms with Gasteiger partial charge in [-0.3, -0.25) is 5.84 Å². The van der Waals surface area contributed by atoms with Crippen LogP contribution in [0.1, 0.15) is 0 Å². The number of anilines is 3. The van der Waals surface area contributed by atoms with Crippen molar-refractivity contribution in [3.05, 3.63) is 12.1 Å². The van der Waals surface area contributed by atoms with Gasteiger partial charge in [0.1, 0.15) is 5.82 Å². The third-order valence-electron chi connectivity index (χ3n) is 2.51. The summed E-state index contributed by atoms with van der Waals surface area (Å²) in [5, 5.41) is 3.29. The van der Waals surface area contributed by atoms with E-state index in [2.05, 4.69) is 20.6 Å². The van der Waals surface area contributed by atoms with Crippen LogP contribution in [0.4, 0.5) is 17.3 Å². The zero-order valence-corrected chi connectivity index (χ0v) is 8.53. The van der Waals surface area contributed by atoms with Crippen molar-refractivity contribution >= 4 is 17.3 Å². The first kappa shape index (κ1) is 10.0. The Kier molecular flexibility index (Phi) is 2.89. The predicted molar refractivity (Wildman–Crippen MR) is 61.5 cm³/mol. The molecular formula is C9H16N6. The maximum atomic E-state index is 5.74. The Labute approximate surface area is 88.6 Å². The molecular weight excluding hydrogens is 192 g/mol. The maximum Gasteiger partial charge on any atom is 0.150 e. The van der Waals surface area contributed by atoms with E-state index < -0.39 is 0 Å². The predicted octanol–water partition coefficient (Wildman–Crippen LogP) is -0.641. The Balaban J connectivity index is 2.17. The van der Waals surface area contributed by atoms with Crippen LogP contribution in [0.3, 0.4) is 0 Å². The molecule has 0 radical (unpaired) electrons. The smallest absolute Gasteiger partial charge is 0.150 e.